The van der Waals surface area contributed by atoms with Gasteiger partial charge in [-0.3, -0.25) is 25.2 Å². The van der Waals surface area contributed by atoms with Crippen LogP contribution in [-0.2, 0) is 17.8 Å². The molecule has 32 heavy (non-hydrogen) atoms. The van der Waals surface area contributed by atoms with Crippen LogP contribution in [0.2, 0.25) is 0 Å². The van der Waals surface area contributed by atoms with Crippen molar-refractivity contribution in [3.05, 3.63) is 82.7 Å². The molecular formula is C23H21N5O4. The van der Waals surface area contributed by atoms with E-state index in [-0.39, 0.29) is 24.1 Å². The van der Waals surface area contributed by atoms with Gasteiger partial charge < -0.3 is 4.42 Å². The van der Waals surface area contributed by atoms with Crippen LogP contribution in [0.4, 0.5) is 0 Å². The molecule has 2 amide bonds. The van der Waals surface area contributed by atoms with Gasteiger partial charge in [0.2, 0.25) is 5.91 Å². The predicted octanol–water partition coefficient (Wildman–Crippen LogP) is 2.47. The highest BCUT2D eigenvalue weighted by atomic mass is 16.4. The van der Waals surface area contributed by atoms with Gasteiger partial charge >= 0.3 is 0 Å². The highest BCUT2D eigenvalue weighted by Crippen LogP contribution is 2.20. The lowest BCUT2D eigenvalue weighted by molar-refractivity contribution is -0.121. The third kappa shape index (κ3) is 4.41. The topological polar surface area (TPSA) is 119 Å². The average molecular weight is 431 g/mol. The standard InChI is InChI=1S/C23H21N5O4/c1-2-28-23(31)17-11-7-6-10-16(17)21(27-28)22(30)26-25-19(29)12-13-20-24-14-18(32-20)15-8-4-3-5-9-15/h3-11,14H,2,12-13H2,1H3,(H,25,29)(H,26,30). The van der Waals surface area contributed by atoms with Crippen molar-refractivity contribution in [1.82, 2.24) is 25.6 Å². The van der Waals surface area contributed by atoms with Crippen LogP contribution in [0.5, 0.6) is 0 Å². The Morgan fingerprint density at radius 2 is 1.72 bits per heavy atom. The number of oxazole rings is 1. The third-order valence-corrected chi connectivity index (χ3v) is 4.88. The number of aromatic nitrogens is 3. The van der Waals surface area contributed by atoms with E-state index in [9.17, 15) is 14.4 Å². The number of rotatable bonds is 6. The first kappa shape index (κ1) is 21.0. The van der Waals surface area contributed by atoms with E-state index in [0.717, 1.165) is 5.56 Å². The molecule has 2 N–H and O–H groups in total. The number of aryl methyl sites for hydroxylation is 2. The zero-order valence-corrected chi connectivity index (χ0v) is 17.4. The summed E-state index contributed by atoms with van der Waals surface area (Å²) in [5, 5.41) is 4.94. The summed E-state index contributed by atoms with van der Waals surface area (Å²) < 4.78 is 6.89. The summed E-state index contributed by atoms with van der Waals surface area (Å²) in [5.74, 6) is 0.0245. The monoisotopic (exact) mass is 431 g/mol. The molecule has 0 atom stereocenters. The SMILES string of the molecule is CCn1nc(C(=O)NNC(=O)CCc2ncc(-c3ccccc3)o2)c2ccccc2c1=O. The molecule has 9 heteroatoms. The fourth-order valence-corrected chi connectivity index (χ4v) is 3.25. The minimum absolute atomic E-state index is 0.0579. The lowest BCUT2D eigenvalue weighted by atomic mass is 10.1. The zero-order valence-electron chi connectivity index (χ0n) is 17.4. The van der Waals surface area contributed by atoms with Crippen LogP contribution in [0.1, 0.15) is 29.7 Å². The van der Waals surface area contributed by atoms with E-state index in [2.05, 4.69) is 20.9 Å². The molecule has 4 rings (SSSR count). The highest BCUT2D eigenvalue weighted by molar-refractivity contribution is 6.05. The molecule has 0 fully saturated rings. The maximum absolute atomic E-state index is 12.6. The van der Waals surface area contributed by atoms with Gasteiger partial charge in [0.1, 0.15) is 0 Å². The smallest absolute Gasteiger partial charge is 0.290 e. The fourth-order valence-electron chi connectivity index (χ4n) is 3.25. The molecule has 0 unspecified atom stereocenters. The van der Waals surface area contributed by atoms with Crippen molar-refractivity contribution in [2.24, 2.45) is 0 Å². The molecule has 4 aromatic rings. The fraction of sp³-hybridized carbons (Fsp3) is 0.174. The van der Waals surface area contributed by atoms with Crippen LogP contribution in [0.3, 0.4) is 0 Å². The molecule has 0 saturated carbocycles. The number of benzene rings is 2. The molecule has 0 aliphatic rings. The molecule has 9 nitrogen and oxygen atoms in total. The first-order valence-corrected chi connectivity index (χ1v) is 10.2. The van der Waals surface area contributed by atoms with Gasteiger partial charge in [0, 0.05) is 30.3 Å². The molecule has 162 valence electrons. The van der Waals surface area contributed by atoms with E-state index >= 15 is 0 Å². The minimum Gasteiger partial charge on any atom is -0.441 e. The summed E-state index contributed by atoms with van der Waals surface area (Å²) in [6, 6.07) is 16.3. The number of carbonyl (C=O) groups is 2. The van der Waals surface area contributed by atoms with E-state index in [4.69, 9.17) is 4.42 Å². The van der Waals surface area contributed by atoms with Gasteiger partial charge in [0.25, 0.3) is 11.5 Å². The summed E-state index contributed by atoms with van der Waals surface area (Å²) in [4.78, 5) is 41.4. The minimum atomic E-state index is -0.612. The first-order valence-electron chi connectivity index (χ1n) is 10.2. The van der Waals surface area contributed by atoms with E-state index < -0.39 is 11.8 Å². The molecule has 0 bridgehead atoms. The van der Waals surface area contributed by atoms with Crippen LogP contribution in [-0.4, -0.2) is 26.6 Å². The maximum atomic E-state index is 12.6. The molecule has 0 spiro atoms. The molecule has 0 aliphatic carbocycles. The summed E-state index contributed by atoms with van der Waals surface area (Å²) in [5.41, 5.74) is 5.42. The van der Waals surface area contributed by atoms with Crippen LogP contribution in [0, 0.1) is 0 Å². The second kappa shape index (κ2) is 9.25. The van der Waals surface area contributed by atoms with Crippen molar-refractivity contribution >= 4 is 22.6 Å². The van der Waals surface area contributed by atoms with Crippen LogP contribution < -0.4 is 16.4 Å². The Labute approximate surface area is 183 Å². The number of nitrogens with one attached hydrogen (secondary N) is 2. The van der Waals surface area contributed by atoms with Crippen molar-refractivity contribution in [3.63, 3.8) is 0 Å². The number of carbonyl (C=O) groups excluding carboxylic acids is 2. The zero-order chi connectivity index (χ0) is 22.5. The number of hydrazine groups is 1. The van der Waals surface area contributed by atoms with E-state index in [0.29, 0.717) is 29.0 Å². The quantitative estimate of drug-likeness (QED) is 0.453. The maximum Gasteiger partial charge on any atom is 0.290 e. The van der Waals surface area contributed by atoms with Crippen molar-refractivity contribution in [1.29, 1.82) is 0 Å². The van der Waals surface area contributed by atoms with E-state index in [1.807, 2.05) is 30.3 Å². The second-order valence-electron chi connectivity index (χ2n) is 7.00. The number of amides is 2. The third-order valence-electron chi connectivity index (χ3n) is 4.88. The molecule has 2 aromatic carbocycles. The van der Waals surface area contributed by atoms with Crippen molar-refractivity contribution in [3.8, 4) is 11.3 Å². The summed E-state index contributed by atoms with van der Waals surface area (Å²) >= 11 is 0. The number of nitrogens with zero attached hydrogens (tertiary/aromatic N) is 3. The number of hydrogen-bond acceptors (Lipinski definition) is 6. The van der Waals surface area contributed by atoms with Gasteiger partial charge in [0.15, 0.2) is 17.3 Å². The average Bonchev–Trinajstić information content (AvgIpc) is 3.31. The van der Waals surface area contributed by atoms with Crippen molar-refractivity contribution in [2.45, 2.75) is 26.3 Å². The highest BCUT2D eigenvalue weighted by Gasteiger charge is 2.17. The largest absolute Gasteiger partial charge is 0.441 e. The second-order valence-corrected chi connectivity index (χ2v) is 7.00. The molecule has 2 aromatic heterocycles. The lowest BCUT2D eigenvalue weighted by Gasteiger charge is -2.10. The Balaban J connectivity index is 1.38. The Bertz CT molecular complexity index is 1330. The van der Waals surface area contributed by atoms with Crippen LogP contribution >= 0.6 is 0 Å². The summed E-state index contributed by atoms with van der Waals surface area (Å²) in [6.45, 7) is 2.08. The van der Waals surface area contributed by atoms with Gasteiger partial charge in [-0.2, -0.15) is 5.10 Å². The predicted molar refractivity (Wildman–Crippen MR) is 118 cm³/mol. The molecular weight excluding hydrogens is 410 g/mol. The molecule has 2 heterocycles. The Kier molecular flexibility index (Phi) is 6.07. The molecule has 0 saturated heterocycles. The molecule has 0 aliphatic heterocycles. The summed E-state index contributed by atoms with van der Waals surface area (Å²) in [7, 11) is 0. The van der Waals surface area contributed by atoms with Crippen molar-refractivity contribution in [2.75, 3.05) is 0 Å². The normalized spacial score (nSPS) is 10.8. The number of hydrogen-bond donors (Lipinski definition) is 2. The van der Waals surface area contributed by atoms with E-state index in [1.54, 1.807) is 37.4 Å². The van der Waals surface area contributed by atoms with Gasteiger partial charge in [-0.15, -0.1) is 0 Å². The summed E-state index contributed by atoms with van der Waals surface area (Å²) in [6.07, 6.45) is 1.96. The van der Waals surface area contributed by atoms with Crippen LogP contribution in [0.15, 0.2) is 70.0 Å². The molecule has 0 radical (unpaired) electrons. The van der Waals surface area contributed by atoms with Gasteiger partial charge in [0.05, 0.1) is 11.6 Å². The van der Waals surface area contributed by atoms with Gasteiger partial charge in [-0.1, -0.05) is 48.5 Å². The van der Waals surface area contributed by atoms with E-state index in [1.165, 1.54) is 4.68 Å². The Hall–Kier alpha value is -4.27. The lowest BCUT2D eigenvalue weighted by Crippen LogP contribution is -2.42. The van der Waals surface area contributed by atoms with Crippen LogP contribution in [0.25, 0.3) is 22.1 Å². The van der Waals surface area contributed by atoms with Crippen molar-refractivity contribution < 1.29 is 14.0 Å². The van der Waals surface area contributed by atoms with Gasteiger partial charge in [-0.05, 0) is 13.0 Å². The number of fused-ring (bicyclic) bond motifs is 1. The first-order chi connectivity index (χ1) is 15.6. The van der Waals surface area contributed by atoms with Gasteiger partial charge in [-0.25, -0.2) is 9.67 Å². The Morgan fingerprint density at radius 3 is 2.47 bits per heavy atom. The Morgan fingerprint density at radius 1 is 1.00 bits per heavy atom.